The molecule has 1 aliphatic rings. The summed E-state index contributed by atoms with van der Waals surface area (Å²) in [5, 5.41) is 0. The lowest BCUT2D eigenvalue weighted by Gasteiger charge is -2.61. The van der Waals surface area contributed by atoms with Crippen molar-refractivity contribution in [2.45, 2.75) is 84.4 Å². The van der Waals surface area contributed by atoms with Crippen molar-refractivity contribution in [1.82, 2.24) is 0 Å². The molecule has 0 saturated carbocycles. The Labute approximate surface area is 257 Å². The molecule has 0 aromatic heterocycles. The standard InChI is InChI=1S/C18F34/c19-5(20)1(3(11(29,30)31,9(25,26)17(47,48)49)7(23,13(35,36)37)14(38,39)40)2(6(5,21)22)4(12(32,33)34,10(27,28)18(50,51)52)8(24,15(41,42)43)16(44,45)46. The number of alkyl halides is 34. The van der Waals surface area contributed by atoms with Crippen LogP contribution in [0.4, 0.5) is 149 Å². The zero-order chi connectivity index (χ0) is 43.2. The van der Waals surface area contributed by atoms with E-state index in [-0.39, 0.29) is 0 Å². The fourth-order valence-corrected chi connectivity index (χ4v) is 5.13. The van der Waals surface area contributed by atoms with Crippen molar-refractivity contribution in [3.8, 4) is 0 Å². The van der Waals surface area contributed by atoms with Gasteiger partial charge in [0.15, 0.2) is 0 Å². The number of hydrogen-bond donors (Lipinski definition) is 0. The first-order chi connectivity index (χ1) is 21.7. The van der Waals surface area contributed by atoms with Crippen LogP contribution < -0.4 is 0 Å². The van der Waals surface area contributed by atoms with Crippen LogP contribution in [-0.4, -0.2) is 84.4 Å². The molecule has 0 aromatic carbocycles. The highest BCUT2D eigenvalue weighted by Crippen LogP contribution is 2.84. The van der Waals surface area contributed by atoms with Gasteiger partial charge in [-0.1, -0.05) is 0 Å². The lowest BCUT2D eigenvalue weighted by atomic mass is 9.47. The Hall–Kier alpha value is -2.64. The Bertz CT molecular complexity index is 1250. The van der Waals surface area contributed by atoms with E-state index in [1.807, 2.05) is 0 Å². The first-order valence-electron chi connectivity index (χ1n) is 10.9. The van der Waals surface area contributed by atoms with Crippen LogP contribution in [0.5, 0.6) is 0 Å². The predicted molar refractivity (Wildman–Crippen MR) is 87.8 cm³/mol. The monoisotopic (exact) mass is 862 g/mol. The van der Waals surface area contributed by atoms with Crippen molar-refractivity contribution >= 4 is 0 Å². The van der Waals surface area contributed by atoms with Crippen molar-refractivity contribution in [2.24, 2.45) is 10.8 Å². The summed E-state index contributed by atoms with van der Waals surface area (Å²) >= 11 is 0. The Morgan fingerprint density at radius 1 is 0.231 bits per heavy atom. The number of rotatable bonds is 6. The smallest absolute Gasteiger partial charge is 0.222 e. The van der Waals surface area contributed by atoms with Crippen LogP contribution in [0.1, 0.15) is 0 Å². The maximum atomic E-state index is 15.1. The van der Waals surface area contributed by atoms with Gasteiger partial charge >= 0.3 is 84.4 Å². The van der Waals surface area contributed by atoms with E-state index >= 15 is 8.78 Å². The van der Waals surface area contributed by atoms with Crippen LogP contribution in [0, 0.1) is 10.8 Å². The van der Waals surface area contributed by atoms with Crippen LogP contribution in [0.15, 0.2) is 11.1 Å². The number of allylic oxidation sites excluding steroid dienone is 2. The zero-order valence-corrected chi connectivity index (χ0v) is 21.9. The maximum Gasteiger partial charge on any atom is 0.454 e. The van der Waals surface area contributed by atoms with E-state index in [2.05, 4.69) is 0 Å². The van der Waals surface area contributed by atoms with Crippen LogP contribution in [-0.2, 0) is 0 Å². The average molecular weight is 862 g/mol. The van der Waals surface area contributed by atoms with Crippen molar-refractivity contribution in [3.63, 3.8) is 0 Å². The molecule has 2 unspecified atom stereocenters. The van der Waals surface area contributed by atoms with Gasteiger partial charge in [-0.05, 0) is 0 Å². The molecule has 1 rings (SSSR count). The van der Waals surface area contributed by atoms with Crippen LogP contribution in [0.25, 0.3) is 0 Å². The molecule has 0 spiro atoms. The maximum absolute atomic E-state index is 15.1. The number of hydrogen-bond acceptors (Lipinski definition) is 0. The molecule has 34 heteroatoms. The van der Waals surface area contributed by atoms with Crippen LogP contribution in [0.2, 0.25) is 0 Å². The second-order valence-electron chi connectivity index (χ2n) is 9.85. The van der Waals surface area contributed by atoms with E-state index in [9.17, 15) is 140 Å². The SMILES string of the molecule is FC(F)(F)C(F)(F)C(C1=C(C(C(F)(F)F)(C(F)(F)C(F)(F)F)C(F)(C(F)(F)F)C(F)(F)F)C(F)(F)C1(F)F)(C(F)(F)F)C(F)(C(F)(F)F)C(F)(F)F. The van der Waals surface area contributed by atoms with Gasteiger partial charge in [0.25, 0.3) is 0 Å². The summed E-state index contributed by atoms with van der Waals surface area (Å²) in [6, 6.07) is 0. The van der Waals surface area contributed by atoms with Crippen molar-refractivity contribution in [3.05, 3.63) is 11.1 Å². The fraction of sp³-hybridized carbons (Fsp3) is 0.889. The summed E-state index contributed by atoms with van der Waals surface area (Å²) in [7, 11) is 0. The van der Waals surface area contributed by atoms with Crippen molar-refractivity contribution in [2.75, 3.05) is 0 Å². The van der Waals surface area contributed by atoms with Gasteiger partial charge in [0.2, 0.25) is 10.8 Å². The van der Waals surface area contributed by atoms with Crippen LogP contribution in [0.3, 0.4) is 0 Å². The summed E-state index contributed by atoms with van der Waals surface area (Å²) in [6.45, 7) is 0. The molecule has 0 amide bonds. The molecule has 0 nitrogen and oxygen atoms in total. The van der Waals surface area contributed by atoms with E-state index < -0.39 is 106 Å². The molecule has 0 saturated heterocycles. The molecule has 0 aliphatic heterocycles. The highest BCUT2D eigenvalue weighted by molar-refractivity contribution is 5.59. The minimum atomic E-state index is -10.9. The Balaban J connectivity index is 5.90. The molecule has 0 bridgehead atoms. The highest BCUT2D eigenvalue weighted by atomic mass is 19.5. The summed E-state index contributed by atoms with van der Waals surface area (Å²) < 4.78 is 473. The first kappa shape index (κ1) is 47.4. The highest BCUT2D eigenvalue weighted by Gasteiger charge is 3.07. The lowest BCUT2D eigenvalue weighted by Crippen LogP contribution is -2.85. The fourth-order valence-electron chi connectivity index (χ4n) is 5.13. The van der Waals surface area contributed by atoms with Crippen molar-refractivity contribution < 1.29 is 149 Å². The molecule has 0 aromatic rings. The summed E-state index contributed by atoms with van der Waals surface area (Å²) in [5.41, 5.74) is -58.4. The second kappa shape index (κ2) is 11.0. The molecule has 1 aliphatic carbocycles. The van der Waals surface area contributed by atoms with E-state index in [0.717, 1.165) is 0 Å². The first-order valence-corrected chi connectivity index (χ1v) is 10.9. The van der Waals surface area contributed by atoms with Gasteiger partial charge in [0.1, 0.15) is 0 Å². The van der Waals surface area contributed by atoms with Gasteiger partial charge in [0.05, 0.1) is 0 Å². The minimum absolute atomic E-state index is 7.64. The third-order valence-corrected chi connectivity index (χ3v) is 7.12. The topological polar surface area (TPSA) is 0 Å². The van der Waals surface area contributed by atoms with Gasteiger partial charge in [-0.2, -0.15) is 140 Å². The van der Waals surface area contributed by atoms with Crippen LogP contribution >= 0.6 is 0 Å². The minimum Gasteiger partial charge on any atom is -0.222 e. The molecule has 2 atom stereocenters. The summed E-state index contributed by atoms with van der Waals surface area (Å²) in [4.78, 5) is 0. The molecule has 0 fully saturated rings. The normalized spacial score (nSPS) is 21.8. The van der Waals surface area contributed by atoms with Crippen molar-refractivity contribution in [1.29, 1.82) is 0 Å². The molecule has 0 N–H and O–H groups in total. The average Bonchev–Trinajstić information content (AvgIpc) is 2.78. The molecule has 0 heterocycles. The van der Waals surface area contributed by atoms with Gasteiger partial charge in [0, 0.05) is 11.1 Å². The zero-order valence-electron chi connectivity index (χ0n) is 21.9. The summed E-state index contributed by atoms with van der Waals surface area (Å²) in [6.07, 6.45) is -79.0. The third-order valence-electron chi connectivity index (χ3n) is 7.12. The van der Waals surface area contributed by atoms with Gasteiger partial charge in [-0.3, -0.25) is 0 Å². The third kappa shape index (κ3) is 5.02. The number of halogens is 34. The van der Waals surface area contributed by atoms with Gasteiger partial charge < -0.3 is 0 Å². The molecule has 310 valence electrons. The van der Waals surface area contributed by atoms with E-state index in [4.69, 9.17) is 0 Å². The molecule has 52 heavy (non-hydrogen) atoms. The lowest BCUT2D eigenvalue weighted by molar-refractivity contribution is -0.486. The quantitative estimate of drug-likeness (QED) is 0.184. The Morgan fingerprint density at radius 2 is 0.385 bits per heavy atom. The Kier molecular flexibility index (Phi) is 10.0. The second-order valence-corrected chi connectivity index (χ2v) is 9.85. The van der Waals surface area contributed by atoms with Gasteiger partial charge in [-0.25, -0.2) is 8.78 Å². The predicted octanol–water partition coefficient (Wildman–Crippen LogP) is 11.7. The largest absolute Gasteiger partial charge is 0.454 e. The molecule has 0 radical (unpaired) electrons. The molecular weight excluding hydrogens is 862 g/mol. The van der Waals surface area contributed by atoms with E-state index in [0.29, 0.717) is 0 Å². The van der Waals surface area contributed by atoms with E-state index in [1.165, 1.54) is 0 Å². The Morgan fingerprint density at radius 3 is 0.481 bits per heavy atom. The summed E-state index contributed by atoms with van der Waals surface area (Å²) in [5.74, 6) is -39.8. The van der Waals surface area contributed by atoms with Gasteiger partial charge in [-0.15, -0.1) is 0 Å². The molecular formula is C18F34. The van der Waals surface area contributed by atoms with E-state index in [1.54, 1.807) is 0 Å².